The molecule has 7 heteroatoms. The van der Waals surface area contributed by atoms with E-state index in [4.69, 9.17) is 4.74 Å². The molecule has 4 rings (SSSR count). The van der Waals surface area contributed by atoms with E-state index in [1.807, 2.05) is 24.3 Å². The number of aliphatic carboxylic acids is 1. The second-order valence-electron chi connectivity index (χ2n) is 9.74. The highest BCUT2D eigenvalue weighted by molar-refractivity contribution is 5.84. The van der Waals surface area contributed by atoms with Crippen LogP contribution in [0, 0.1) is 17.8 Å². The maximum atomic E-state index is 12.3. The van der Waals surface area contributed by atoms with Gasteiger partial charge in [0.2, 0.25) is 5.91 Å². The number of carboxylic acids is 1. The zero-order valence-electron chi connectivity index (χ0n) is 19.6. The van der Waals surface area contributed by atoms with Crippen molar-refractivity contribution in [3.05, 3.63) is 59.7 Å². The van der Waals surface area contributed by atoms with E-state index in [1.54, 1.807) is 13.8 Å². The Balaban J connectivity index is 1.18. The van der Waals surface area contributed by atoms with E-state index in [9.17, 15) is 19.5 Å². The Hall–Kier alpha value is -3.35. The van der Waals surface area contributed by atoms with Gasteiger partial charge in [-0.25, -0.2) is 9.59 Å². The molecule has 1 atom stereocenters. The van der Waals surface area contributed by atoms with Crippen LogP contribution in [0.3, 0.4) is 0 Å². The van der Waals surface area contributed by atoms with Crippen molar-refractivity contribution in [2.45, 2.75) is 45.1 Å². The van der Waals surface area contributed by atoms with Crippen molar-refractivity contribution in [2.24, 2.45) is 17.8 Å². The first-order chi connectivity index (χ1) is 16.3. The fraction of sp³-hybridized carbons (Fsp3) is 0.444. The molecule has 0 aromatic heterocycles. The van der Waals surface area contributed by atoms with Gasteiger partial charge < -0.3 is 20.5 Å². The van der Waals surface area contributed by atoms with Gasteiger partial charge >= 0.3 is 12.1 Å². The van der Waals surface area contributed by atoms with E-state index in [1.165, 1.54) is 22.3 Å². The molecule has 34 heavy (non-hydrogen) atoms. The van der Waals surface area contributed by atoms with E-state index in [-0.39, 0.29) is 30.3 Å². The summed E-state index contributed by atoms with van der Waals surface area (Å²) in [5.41, 5.74) is 4.75. The van der Waals surface area contributed by atoms with Crippen molar-refractivity contribution in [3.63, 3.8) is 0 Å². The van der Waals surface area contributed by atoms with E-state index in [0.717, 1.165) is 12.8 Å². The fourth-order valence-corrected chi connectivity index (χ4v) is 5.09. The van der Waals surface area contributed by atoms with Crippen LogP contribution in [0.25, 0.3) is 11.1 Å². The topological polar surface area (TPSA) is 105 Å². The Morgan fingerprint density at radius 3 is 2.12 bits per heavy atom. The molecule has 0 aliphatic heterocycles. The molecule has 2 aliphatic carbocycles. The first kappa shape index (κ1) is 23.8. The number of ether oxygens (including phenoxy) is 1. The van der Waals surface area contributed by atoms with E-state index >= 15 is 0 Å². The summed E-state index contributed by atoms with van der Waals surface area (Å²) in [5, 5.41) is 14.7. The number of nitrogens with one attached hydrogen (secondary N) is 2. The van der Waals surface area contributed by atoms with Crippen molar-refractivity contribution in [1.29, 1.82) is 0 Å². The highest BCUT2D eigenvalue weighted by Gasteiger charge is 2.33. The third-order valence-electron chi connectivity index (χ3n) is 6.94. The molecule has 0 heterocycles. The maximum absolute atomic E-state index is 12.3. The maximum Gasteiger partial charge on any atom is 0.407 e. The Morgan fingerprint density at radius 1 is 0.971 bits per heavy atom. The number of alkyl carbamates (subject to hydrolysis) is 1. The molecule has 180 valence electrons. The van der Waals surface area contributed by atoms with Crippen LogP contribution in [-0.4, -0.2) is 42.3 Å². The van der Waals surface area contributed by atoms with Gasteiger partial charge in [-0.15, -0.1) is 0 Å². The Labute approximate surface area is 199 Å². The summed E-state index contributed by atoms with van der Waals surface area (Å²) >= 11 is 0. The Bertz CT molecular complexity index is 1010. The average Bonchev–Trinajstić information content (AvgIpc) is 3.10. The summed E-state index contributed by atoms with van der Waals surface area (Å²) < 4.78 is 5.57. The zero-order valence-corrected chi connectivity index (χ0v) is 19.6. The van der Waals surface area contributed by atoms with Gasteiger partial charge in [-0.3, -0.25) is 4.79 Å². The minimum absolute atomic E-state index is 0.0326. The van der Waals surface area contributed by atoms with Gasteiger partial charge in [-0.1, -0.05) is 62.4 Å². The first-order valence-electron chi connectivity index (χ1n) is 11.9. The van der Waals surface area contributed by atoms with Gasteiger partial charge in [-0.05, 0) is 52.8 Å². The zero-order chi connectivity index (χ0) is 24.2. The molecular weight excluding hydrogens is 432 g/mol. The lowest BCUT2D eigenvalue weighted by atomic mass is 9.73. The van der Waals surface area contributed by atoms with Crippen LogP contribution in [0.2, 0.25) is 0 Å². The predicted molar refractivity (Wildman–Crippen MR) is 128 cm³/mol. The molecule has 1 fully saturated rings. The van der Waals surface area contributed by atoms with Gasteiger partial charge in [-0.2, -0.15) is 0 Å². The molecule has 2 aliphatic rings. The lowest BCUT2D eigenvalue weighted by Crippen LogP contribution is -2.46. The number of amides is 2. The standard InChI is InChI=1S/C27H32N2O5/c1-16(2)25(26(31)32)29-24(30)13-17-11-18(12-17)14-28-27(33)34-15-23-21-9-5-3-7-19(21)20-8-4-6-10-22(20)23/h3-10,16-18,23,25H,11-15H2,1-2H3,(H,28,33)(H,29,30)(H,31,32). The highest BCUT2D eigenvalue weighted by Crippen LogP contribution is 2.44. The first-order valence-corrected chi connectivity index (χ1v) is 11.9. The van der Waals surface area contributed by atoms with Crippen LogP contribution >= 0.6 is 0 Å². The SMILES string of the molecule is CC(C)C(NC(=O)CC1CC(CNC(=O)OCC2c3ccccc3-c3ccccc32)C1)C(=O)O. The number of carboxylic acid groups (broad SMARTS) is 1. The minimum Gasteiger partial charge on any atom is -0.480 e. The van der Waals surface area contributed by atoms with Crippen LogP contribution in [0.5, 0.6) is 0 Å². The largest absolute Gasteiger partial charge is 0.480 e. The second kappa shape index (κ2) is 10.3. The molecule has 0 spiro atoms. The Morgan fingerprint density at radius 2 is 1.56 bits per heavy atom. The van der Waals surface area contributed by atoms with Gasteiger partial charge in [0.25, 0.3) is 0 Å². The van der Waals surface area contributed by atoms with Crippen LogP contribution in [-0.2, 0) is 14.3 Å². The van der Waals surface area contributed by atoms with Crippen LogP contribution in [0.4, 0.5) is 4.79 Å². The number of fused-ring (bicyclic) bond motifs is 3. The highest BCUT2D eigenvalue weighted by atomic mass is 16.5. The van der Waals surface area contributed by atoms with Gasteiger partial charge in [0.05, 0.1) is 0 Å². The summed E-state index contributed by atoms with van der Waals surface area (Å²) in [6.45, 7) is 4.34. The normalized spacial score (nSPS) is 19.5. The fourth-order valence-electron chi connectivity index (χ4n) is 5.09. The molecule has 0 radical (unpaired) electrons. The number of carbonyl (C=O) groups excluding carboxylic acids is 2. The quantitative estimate of drug-likeness (QED) is 0.517. The number of carbonyl (C=O) groups is 3. The van der Waals surface area contributed by atoms with Gasteiger partial charge in [0, 0.05) is 18.9 Å². The minimum atomic E-state index is -1.01. The lowest BCUT2D eigenvalue weighted by Gasteiger charge is -2.35. The van der Waals surface area contributed by atoms with Crippen LogP contribution in [0.1, 0.15) is 50.2 Å². The molecule has 2 amide bonds. The van der Waals surface area contributed by atoms with Crippen molar-refractivity contribution in [2.75, 3.05) is 13.2 Å². The summed E-state index contributed by atoms with van der Waals surface area (Å²) in [6.07, 6.45) is 1.55. The number of benzene rings is 2. The molecule has 0 bridgehead atoms. The molecule has 3 N–H and O–H groups in total. The molecule has 0 saturated heterocycles. The number of hydrogen-bond acceptors (Lipinski definition) is 4. The number of hydrogen-bond donors (Lipinski definition) is 3. The molecule has 1 saturated carbocycles. The monoisotopic (exact) mass is 464 g/mol. The van der Waals surface area contributed by atoms with Gasteiger partial charge in [0.15, 0.2) is 0 Å². The van der Waals surface area contributed by atoms with Crippen molar-refractivity contribution in [3.8, 4) is 11.1 Å². The van der Waals surface area contributed by atoms with Crippen molar-refractivity contribution >= 4 is 18.0 Å². The van der Waals surface area contributed by atoms with Crippen molar-refractivity contribution < 1.29 is 24.2 Å². The van der Waals surface area contributed by atoms with E-state index in [2.05, 4.69) is 34.9 Å². The third-order valence-corrected chi connectivity index (χ3v) is 6.94. The molecule has 2 aromatic carbocycles. The van der Waals surface area contributed by atoms with Crippen molar-refractivity contribution in [1.82, 2.24) is 10.6 Å². The van der Waals surface area contributed by atoms with Crippen LogP contribution in [0.15, 0.2) is 48.5 Å². The smallest absolute Gasteiger partial charge is 0.407 e. The molecule has 1 unspecified atom stereocenters. The molecule has 7 nitrogen and oxygen atoms in total. The summed E-state index contributed by atoms with van der Waals surface area (Å²) in [5.74, 6) is -0.854. The van der Waals surface area contributed by atoms with Crippen LogP contribution < -0.4 is 10.6 Å². The average molecular weight is 465 g/mol. The van der Waals surface area contributed by atoms with E-state index in [0.29, 0.717) is 18.9 Å². The number of rotatable bonds is 9. The predicted octanol–water partition coefficient (Wildman–Crippen LogP) is 4.17. The summed E-state index contributed by atoms with van der Waals surface area (Å²) in [6, 6.07) is 15.6. The Kier molecular flexibility index (Phi) is 7.20. The second-order valence-corrected chi connectivity index (χ2v) is 9.74. The van der Waals surface area contributed by atoms with E-state index < -0.39 is 18.1 Å². The lowest BCUT2D eigenvalue weighted by molar-refractivity contribution is -0.143. The summed E-state index contributed by atoms with van der Waals surface area (Å²) in [7, 11) is 0. The molecule has 2 aromatic rings. The molecular formula is C27H32N2O5. The summed E-state index contributed by atoms with van der Waals surface area (Å²) in [4.78, 5) is 35.7. The third kappa shape index (κ3) is 5.24. The van der Waals surface area contributed by atoms with Gasteiger partial charge in [0.1, 0.15) is 12.6 Å².